The summed E-state index contributed by atoms with van der Waals surface area (Å²) in [5.74, 6) is 0.0145. The zero-order valence-electron chi connectivity index (χ0n) is 12.4. The summed E-state index contributed by atoms with van der Waals surface area (Å²) < 4.78 is 0.968. The number of benzene rings is 1. The SMILES string of the molecule is CCCCC(CCC)NCC(=O)Nc1cccc(Br)c1. The Morgan fingerprint density at radius 3 is 2.70 bits per heavy atom. The van der Waals surface area contributed by atoms with Gasteiger partial charge in [-0.05, 0) is 31.0 Å². The first-order valence-electron chi connectivity index (χ1n) is 7.44. The largest absolute Gasteiger partial charge is 0.325 e. The number of nitrogens with one attached hydrogen (secondary N) is 2. The van der Waals surface area contributed by atoms with Gasteiger partial charge in [-0.1, -0.05) is 55.1 Å². The van der Waals surface area contributed by atoms with Crippen LogP contribution in [0.5, 0.6) is 0 Å². The molecule has 0 aliphatic rings. The van der Waals surface area contributed by atoms with Gasteiger partial charge in [0.1, 0.15) is 0 Å². The zero-order valence-corrected chi connectivity index (χ0v) is 14.0. The van der Waals surface area contributed by atoms with Crippen molar-refractivity contribution in [2.45, 2.75) is 52.0 Å². The lowest BCUT2D eigenvalue weighted by molar-refractivity contribution is -0.115. The molecule has 0 fully saturated rings. The number of amides is 1. The number of hydrogen-bond donors (Lipinski definition) is 2. The second kappa shape index (κ2) is 9.94. The summed E-state index contributed by atoms with van der Waals surface area (Å²) in [6.45, 7) is 4.76. The van der Waals surface area contributed by atoms with E-state index < -0.39 is 0 Å². The Labute approximate surface area is 130 Å². The molecule has 1 atom stereocenters. The first-order chi connectivity index (χ1) is 9.65. The van der Waals surface area contributed by atoms with E-state index in [1.807, 2.05) is 24.3 Å². The maximum atomic E-state index is 11.9. The molecule has 0 spiro atoms. The fourth-order valence-electron chi connectivity index (χ4n) is 2.16. The molecule has 0 aromatic heterocycles. The van der Waals surface area contributed by atoms with E-state index in [1.54, 1.807) is 0 Å². The van der Waals surface area contributed by atoms with E-state index in [1.165, 1.54) is 12.8 Å². The van der Waals surface area contributed by atoms with Crippen molar-refractivity contribution in [1.82, 2.24) is 5.32 Å². The van der Waals surface area contributed by atoms with Crippen molar-refractivity contribution in [2.75, 3.05) is 11.9 Å². The molecule has 112 valence electrons. The van der Waals surface area contributed by atoms with Crippen LogP contribution in [0.4, 0.5) is 5.69 Å². The number of anilines is 1. The highest BCUT2D eigenvalue weighted by molar-refractivity contribution is 9.10. The van der Waals surface area contributed by atoms with Crippen LogP contribution in [-0.4, -0.2) is 18.5 Å². The molecule has 0 bridgehead atoms. The van der Waals surface area contributed by atoms with Crippen LogP contribution in [0.15, 0.2) is 28.7 Å². The number of hydrogen-bond acceptors (Lipinski definition) is 2. The summed E-state index contributed by atoms with van der Waals surface area (Å²) in [4.78, 5) is 11.9. The van der Waals surface area contributed by atoms with Gasteiger partial charge in [-0.15, -0.1) is 0 Å². The predicted octanol–water partition coefficient (Wildman–Crippen LogP) is 4.34. The summed E-state index contributed by atoms with van der Waals surface area (Å²) in [5.41, 5.74) is 0.826. The van der Waals surface area contributed by atoms with Gasteiger partial charge in [0, 0.05) is 16.2 Å². The summed E-state index contributed by atoms with van der Waals surface area (Å²) in [7, 11) is 0. The van der Waals surface area contributed by atoms with E-state index in [0.29, 0.717) is 12.6 Å². The number of rotatable bonds is 9. The highest BCUT2D eigenvalue weighted by atomic mass is 79.9. The van der Waals surface area contributed by atoms with Gasteiger partial charge in [0.05, 0.1) is 6.54 Å². The van der Waals surface area contributed by atoms with Crippen LogP contribution in [-0.2, 0) is 4.79 Å². The van der Waals surface area contributed by atoms with Gasteiger partial charge in [0.2, 0.25) is 5.91 Å². The normalized spacial score (nSPS) is 12.2. The number of carbonyl (C=O) groups is 1. The fourth-order valence-corrected chi connectivity index (χ4v) is 2.56. The molecule has 0 saturated carbocycles. The lowest BCUT2D eigenvalue weighted by atomic mass is 10.1. The molecular weight excluding hydrogens is 316 g/mol. The number of carbonyl (C=O) groups excluding carboxylic acids is 1. The lowest BCUT2D eigenvalue weighted by Gasteiger charge is -2.17. The summed E-state index contributed by atoms with van der Waals surface area (Å²) >= 11 is 3.40. The Hall–Kier alpha value is -0.870. The molecule has 0 aliphatic heterocycles. The third-order valence-corrected chi connectivity index (χ3v) is 3.70. The van der Waals surface area contributed by atoms with Gasteiger partial charge in [0.15, 0.2) is 0 Å². The van der Waals surface area contributed by atoms with E-state index in [-0.39, 0.29) is 5.91 Å². The van der Waals surface area contributed by atoms with Crippen LogP contribution in [0.1, 0.15) is 46.0 Å². The first-order valence-corrected chi connectivity index (χ1v) is 8.23. The molecule has 20 heavy (non-hydrogen) atoms. The van der Waals surface area contributed by atoms with Gasteiger partial charge in [-0.3, -0.25) is 4.79 Å². The van der Waals surface area contributed by atoms with Crippen LogP contribution in [0.2, 0.25) is 0 Å². The van der Waals surface area contributed by atoms with Crippen LogP contribution >= 0.6 is 15.9 Å². The van der Waals surface area contributed by atoms with E-state index in [9.17, 15) is 4.79 Å². The number of unbranched alkanes of at least 4 members (excludes halogenated alkanes) is 1. The minimum Gasteiger partial charge on any atom is -0.325 e. The van der Waals surface area contributed by atoms with Crippen molar-refractivity contribution < 1.29 is 4.79 Å². The van der Waals surface area contributed by atoms with Crippen molar-refractivity contribution in [1.29, 1.82) is 0 Å². The molecule has 3 nitrogen and oxygen atoms in total. The standard InChI is InChI=1S/C16H25BrN2O/c1-3-5-9-14(7-4-2)18-12-16(20)19-15-10-6-8-13(17)11-15/h6,8,10-11,14,18H,3-5,7,9,12H2,1-2H3,(H,19,20). The van der Waals surface area contributed by atoms with Crippen molar-refractivity contribution in [3.8, 4) is 0 Å². The van der Waals surface area contributed by atoms with Gasteiger partial charge in [0.25, 0.3) is 0 Å². The minimum absolute atomic E-state index is 0.0145. The molecule has 2 N–H and O–H groups in total. The third kappa shape index (κ3) is 7.06. The average molecular weight is 341 g/mol. The smallest absolute Gasteiger partial charge is 0.238 e. The van der Waals surface area contributed by atoms with Crippen molar-refractivity contribution in [2.24, 2.45) is 0 Å². The maximum absolute atomic E-state index is 11.9. The molecule has 4 heteroatoms. The Morgan fingerprint density at radius 2 is 2.05 bits per heavy atom. The van der Waals surface area contributed by atoms with Crippen molar-refractivity contribution in [3.63, 3.8) is 0 Å². The molecule has 0 heterocycles. The van der Waals surface area contributed by atoms with E-state index >= 15 is 0 Å². The Balaban J connectivity index is 2.37. The third-order valence-electron chi connectivity index (χ3n) is 3.20. The van der Waals surface area contributed by atoms with E-state index in [0.717, 1.165) is 29.4 Å². The monoisotopic (exact) mass is 340 g/mol. The average Bonchev–Trinajstić information content (AvgIpc) is 2.42. The van der Waals surface area contributed by atoms with E-state index in [4.69, 9.17) is 0 Å². The quantitative estimate of drug-likeness (QED) is 0.702. The van der Waals surface area contributed by atoms with Gasteiger partial charge in [-0.2, -0.15) is 0 Å². The maximum Gasteiger partial charge on any atom is 0.238 e. The van der Waals surface area contributed by atoms with Crippen molar-refractivity contribution >= 4 is 27.5 Å². The second-order valence-corrected chi connectivity index (χ2v) is 5.98. The fraction of sp³-hybridized carbons (Fsp3) is 0.562. The summed E-state index contributed by atoms with van der Waals surface area (Å²) in [6.07, 6.45) is 5.84. The Morgan fingerprint density at radius 1 is 1.25 bits per heavy atom. The van der Waals surface area contributed by atoms with Crippen molar-refractivity contribution in [3.05, 3.63) is 28.7 Å². The molecule has 0 aliphatic carbocycles. The van der Waals surface area contributed by atoms with Crippen LogP contribution in [0.25, 0.3) is 0 Å². The topological polar surface area (TPSA) is 41.1 Å². The molecule has 1 amide bonds. The van der Waals surface area contributed by atoms with Gasteiger partial charge >= 0.3 is 0 Å². The lowest BCUT2D eigenvalue weighted by Crippen LogP contribution is -2.36. The molecule has 1 aromatic carbocycles. The van der Waals surface area contributed by atoms with E-state index in [2.05, 4.69) is 40.4 Å². The molecule has 0 saturated heterocycles. The Bertz CT molecular complexity index is 409. The van der Waals surface area contributed by atoms with Crippen LogP contribution in [0.3, 0.4) is 0 Å². The zero-order chi connectivity index (χ0) is 14.8. The van der Waals surface area contributed by atoms with Crippen LogP contribution in [0, 0.1) is 0 Å². The Kier molecular flexibility index (Phi) is 8.54. The first kappa shape index (κ1) is 17.2. The molecule has 0 radical (unpaired) electrons. The highest BCUT2D eigenvalue weighted by Crippen LogP contribution is 2.15. The highest BCUT2D eigenvalue weighted by Gasteiger charge is 2.09. The minimum atomic E-state index is 0.0145. The van der Waals surface area contributed by atoms with Crippen LogP contribution < -0.4 is 10.6 Å². The van der Waals surface area contributed by atoms with Gasteiger partial charge < -0.3 is 10.6 Å². The summed E-state index contributed by atoms with van der Waals surface area (Å²) in [5, 5.41) is 6.27. The second-order valence-electron chi connectivity index (χ2n) is 5.07. The molecule has 1 unspecified atom stereocenters. The molecule has 1 aromatic rings. The molecule has 1 rings (SSSR count). The summed E-state index contributed by atoms with van der Waals surface area (Å²) in [6, 6.07) is 8.10. The predicted molar refractivity (Wildman–Crippen MR) is 89.0 cm³/mol. The van der Waals surface area contributed by atoms with Gasteiger partial charge in [-0.25, -0.2) is 0 Å². The molecular formula is C16H25BrN2O. The number of halogens is 1.